The Bertz CT molecular complexity index is 690. The lowest BCUT2D eigenvalue weighted by molar-refractivity contribution is 0.0943. The van der Waals surface area contributed by atoms with Gasteiger partial charge in [0.2, 0.25) is 0 Å². The summed E-state index contributed by atoms with van der Waals surface area (Å²) in [6, 6.07) is 12.3. The first-order valence-electron chi connectivity index (χ1n) is 8.36. The first-order valence-corrected chi connectivity index (χ1v) is 8.36. The molecule has 1 saturated carbocycles. The Morgan fingerprint density at radius 3 is 2.61 bits per heavy atom. The molecule has 3 rings (SSSR count). The number of amides is 1. The molecule has 122 valence electrons. The fourth-order valence-corrected chi connectivity index (χ4v) is 3.56. The van der Waals surface area contributed by atoms with E-state index in [1.54, 1.807) is 0 Å². The molecule has 1 fully saturated rings. The van der Waals surface area contributed by atoms with E-state index in [2.05, 4.69) is 60.6 Å². The summed E-state index contributed by atoms with van der Waals surface area (Å²) in [4.78, 5) is 12.4. The van der Waals surface area contributed by atoms with E-state index in [-0.39, 0.29) is 16.7 Å². The number of hydrogen-bond acceptors (Lipinski definition) is 2. The standard InChI is InChI=1S/C19H25N3O/c1-4-8-15-11-16(22-21-15)17(23)20-13-19(12-18(19,2)3)14-9-6-5-7-10-14/h5-7,9-11H,4,8,12-13H2,1-3H3,(H,20,23)(H,21,22)/t19-/m1/s1. The summed E-state index contributed by atoms with van der Waals surface area (Å²) in [5.74, 6) is -0.0957. The number of carbonyl (C=O) groups excluding carboxylic acids is 1. The molecule has 1 aromatic carbocycles. The molecule has 1 aromatic heterocycles. The summed E-state index contributed by atoms with van der Waals surface area (Å²) in [5.41, 5.74) is 3.05. The van der Waals surface area contributed by atoms with Crippen LogP contribution in [0.3, 0.4) is 0 Å². The van der Waals surface area contributed by atoms with Crippen LogP contribution in [0, 0.1) is 5.41 Å². The Hall–Kier alpha value is -2.10. The Labute approximate surface area is 137 Å². The third kappa shape index (κ3) is 2.90. The van der Waals surface area contributed by atoms with E-state index in [1.807, 2.05) is 12.1 Å². The van der Waals surface area contributed by atoms with Crippen molar-refractivity contribution >= 4 is 5.91 Å². The molecular formula is C19H25N3O. The lowest BCUT2D eigenvalue weighted by Gasteiger charge is -2.21. The van der Waals surface area contributed by atoms with Crippen LogP contribution >= 0.6 is 0 Å². The molecule has 0 unspecified atom stereocenters. The molecule has 0 saturated heterocycles. The van der Waals surface area contributed by atoms with Crippen LogP contribution in [0.25, 0.3) is 0 Å². The van der Waals surface area contributed by atoms with Crippen molar-refractivity contribution in [1.82, 2.24) is 15.5 Å². The van der Waals surface area contributed by atoms with Crippen LogP contribution < -0.4 is 5.32 Å². The van der Waals surface area contributed by atoms with E-state index in [0.29, 0.717) is 12.2 Å². The topological polar surface area (TPSA) is 57.8 Å². The van der Waals surface area contributed by atoms with Crippen LogP contribution in [0.15, 0.2) is 36.4 Å². The smallest absolute Gasteiger partial charge is 0.271 e. The molecule has 1 aliphatic rings. The minimum atomic E-state index is -0.0957. The molecule has 0 spiro atoms. The van der Waals surface area contributed by atoms with Gasteiger partial charge in [-0.15, -0.1) is 0 Å². The summed E-state index contributed by atoms with van der Waals surface area (Å²) < 4.78 is 0. The van der Waals surface area contributed by atoms with Crippen LogP contribution in [0.5, 0.6) is 0 Å². The molecular weight excluding hydrogens is 286 g/mol. The lowest BCUT2D eigenvalue weighted by atomic mass is 9.88. The van der Waals surface area contributed by atoms with Gasteiger partial charge in [-0.3, -0.25) is 9.89 Å². The number of benzene rings is 1. The van der Waals surface area contributed by atoms with Gasteiger partial charge in [0.1, 0.15) is 5.69 Å². The van der Waals surface area contributed by atoms with Crippen molar-refractivity contribution in [2.24, 2.45) is 5.41 Å². The first-order chi connectivity index (χ1) is 11.0. The summed E-state index contributed by atoms with van der Waals surface area (Å²) in [6.07, 6.45) is 3.04. The van der Waals surface area contributed by atoms with Crippen LogP contribution in [0.2, 0.25) is 0 Å². The fraction of sp³-hybridized carbons (Fsp3) is 0.474. The molecule has 23 heavy (non-hydrogen) atoms. The first kappa shape index (κ1) is 15.8. The molecule has 1 amide bonds. The van der Waals surface area contributed by atoms with E-state index in [1.165, 1.54) is 5.56 Å². The molecule has 1 heterocycles. The molecule has 0 bridgehead atoms. The average Bonchev–Trinajstić information content (AvgIpc) is 2.88. The Morgan fingerprint density at radius 2 is 2.00 bits per heavy atom. The minimum Gasteiger partial charge on any atom is -0.350 e. The number of aromatic amines is 1. The second kappa shape index (κ2) is 5.84. The second-order valence-corrected chi connectivity index (χ2v) is 7.22. The fourth-order valence-electron chi connectivity index (χ4n) is 3.56. The number of aromatic nitrogens is 2. The Balaban J connectivity index is 1.69. The summed E-state index contributed by atoms with van der Waals surface area (Å²) in [7, 11) is 0. The van der Waals surface area contributed by atoms with Crippen LogP contribution in [0.4, 0.5) is 0 Å². The molecule has 2 N–H and O–H groups in total. The van der Waals surface area contributed by atoms with Crippen LogP contribution in [-0.2, 0) is 11.8 Å². The highest BCUT2D eigenvalue weighted by molar-refractivity contribution is 5.92. The minimum absolute atomic E-state index is 0.0342. The second-order valence-electron chi connectivity index (χ2n) is 7.22. The van der Waals surface area contributed by atoms with E-state index in [0.717, 1.165) is 25.0 Å². The molecule has 2 aromatic rings. The van der Waals surface area contributed by atoms with E-state index >= 15 is 0 Å². The molecule has 0 aliphatic heterocycles. The van der Waals surface area contributed by atoms with E-state index < -0.39 is 0 Å². The number of H-pyrrole nitrogens is 1. The number of hydrogen-bond donors (Lipinski definition) is 2. The maximum atomic E-state index is 12.4. The summed E-state index contributed by atoms with van der Waals surface area (Å²) in [5, 5.41) is 10.2. The van der Waals surface area contributed by atoms with Crippen molar-refractivity contribution < 1.29 is 4.79 Å². The zero-order valence-electron chi connectivity index (χ0n) is 14.1. The van der Waals surface area contributed by atoms with Gasteiger partial charge in [0.05, 0.1) is 0 Å². The summed E-state index contributed by atoms with van der Waals surface area (Å²) in [6.45, 7) is 7.29. The molecule has 1 aliphatic carbocycles. The maximum Gasteiger partial charge on any atom is 0.271 e. The number of rotatable bonds is 6. The highest BCUT2D eigenvalue weighted by Gasteiger charge is 2.61. The maximum absolute atomic E-state index is 12.4. The van der Waals surface area contributed by atoms with Gasteiger partial charge < -0.3 is 5.32 Å². The average molecular weight is 311 g/mol. The number of carbonyl (C=O) groups is 1. The third-order valence-electron chi connectivity index (χ3n) is 5.17. The van der Waals surface area contributed by atoms with Crippen molar-refractivity contribution in [3.63, 3.8) is 0 Å². The van der Waals surface area contributed by atoms with Crippen LogP contribution in [0.1, 0.15) is 55.4 Å². The van der Waals surface area contributed by atoms with Gasteiger partial charge >= 0.3 is 0 Å². The lowest BCUT2D eigenvalue weighted by Crippen LogP contribution is -2.35. The Kier molecular flexibility index (Phi) is 4.00. The molecule has 4 nitrogen and oxygen atoms in total. The summed E-state index contributed by atoms with van der Waals surface area (Å²) >= 11 is 0. The zero-order valence-corrected chi connectivity index (χ0v) is 14.1. The predicted molar refractivity (Wildman–Crippen MR) is 91.4 cm³/mol. The third-order valence-corrected chi connectivity index (χ3v) is 5.17. The molecule has 0 radical (unpaired) electrons. The van der Waals surface area contributed by atoms with Gasteiger partial charge in [-0.05, 0) is 29.9 Å². The Morgan fingerprint density at radius 1 is 1.30 bits per heavy atom. The van der Waals surface area contributed by atoms with Crippen LogP contribution in [-0.4, -0.2) is 22.6 Å². The molecule has 4 heteroatoms. The quantitative estimate of drug-likeness (QED) is 0.858. The van der Waals surface area contributed by atoms with Gasteiger partial charge in [0.25, 0.3) is 5.91 Å². The van der Waals surface area contributed by atoms with Crippen molar-refractivity contribution in [2.75, 3.05) is 6.54 Å². The predicted octanol–water partition coefficient (Wildman–Crippen LogP) is 3.46. The largest absolute Gasteiger partial charge is 0.350 e. The highest BCUT2D eigenvalue weighted by Crippen LogP contribution is 2.63. The van der Waals surface area contributed by atoms with Crippen molar-refractivity contribution in [3.8, 4) is 0 Å². The van der Waals surface area contributed by atoms with Gasteiger partial charge in [0, 0.05) is 17.7 Å². The SMILES string of the molecule is CCCc1cc(C(=O)NC[C@@]2(c3ccccc3)CC2(C)C)n[nH]1. The van der Waals surface area contributed by atoms with E-state index in [9.17, 15) is 4.79 Å². The van der Waals surface area contributed by atoms with Crippen molar-refractivity contribution in [1.29, 1.82) is 0 Å². The monoisotopic (exact) mass is 311 g/mol. The number of nitrogens with one attached hydrogen (secondary N) is 2. The molecule has 1 atom stereocenters. The zero-order chi connectivity index (χ0) is 16.5. The highest BCUT2D eigenvalue weighted by atomic mass is 16.1. The van der Waals surface area contributed by atoms with Gasteiger partial charge in [-0.1, -0.05) is 57.5 Å². The van der Waals surface area contributed by atoms with Gasteiger partial charge in [0.15, 0.2) is 0 Å². The normalized spacial score (nSPS) is 21.9. The van der Waals surface area contributed by atoms with Gasteiger partial charge in [-0.2, -0.15) is 5.10 Å². The van der Waals surface area contributed by atoms with Gasteiger partial charge in [-0.25, -0.2) is 0 Å². The van der Waals surface area contributed by atoms with Crippen molar-refractivity contribution in [3.05, 3.63) is 53.3 Å². The van der Waals surface area contributed by atoms with E-state index in [4.69, 9.17) is 0 Å². The number of nitrogens with zero attached hydrogens (tertiary/aromatic N) is 1. The van der Waals surface area contributed by atoms with Crippen molar-refractivity contribution in [2.45, 2.75) is 45.4 Å². The number of aryl methyl sites for hydroxylation is 1.